The summed E-state index contributed by atoms with van der Waals surface area (Å²) in [6.07, 6.45) is -0.548. The fraction of sp³-hybridized carbons (Fsp3) is 0.136. The van der Waals surface area contributed by atoms with Crippen LogP contribution < -0.4 is 0 Å². The quantitative estimate of drug-likeness (QED) is 0.622. The van der Waals surface area contributed by atoms with Gasteiger partial charge in [-0.15, -0.1) is 0 Å². The Morgan fingerprint density at radius 2 is 1.52 bits per heavy atom. The van der Waals surface area contributed by atoms with Crippen LogP contribution in [0, 0.1) is 5.82 Å². The number of rotatable bonds is 2. The molecule has 2 aliphatic rings. The predicted molar refractivity (Wildman–Crippen MR) is 99.3 cm³/mol. The van der Waals surface area contributed by atoms with E-state index < -0.39 is 27.8 Å². The third kappa shape index (κ3) is 2.35. The molecular weight excluding hydrogens is 363 g/mol. The number of hydrogen-bond acceptors (Lipinski definition) is 3. The maximum Gasteiger partial charge on any atom is 0.200 e. The Morgan fingerprint density at radius 1 is 0.852 bits per heavy atom. The first-order chi connectivity index (χ1) is 13.1. The van der Waals surface area contributed by atoms with Gasteiger partial charge in [0.05, 0.1) is 15.7 Å². The van der Waals surface area contributed by atoms with Gasteiger partial charge in [0, 0.05) is 5.56 Å². The molecule has 4 atom stereocenters. The highest BCUT2D eigenvalue weighted by Crippen LogP contribution is 2.62. The highest BCUT2D eigenvalue weighted by Gasteiger charge is 2.71. The number of ketones is 1. The number of carbonyl (C=O) groups is 1. The van der Waals surface area contributed by atoms with Gasteiger partial charge in [-0.1, -0.05) is 60.7 Å². The SMILES string of the molecule is O=C1c2ccccc2S(=O)[C@@H](c2ccccc2)[C@]12O[C@H]2c1ccc(F)cc1. The van der Waals surface area contributed by atoms with Crippen molar-refractivity contribution in [2.75, 3.05) is 0 Å². The van der Waals surface area contributed by atoms with Gasteiger partial charge >= 0.3 is 0 Å². The molecule has 0 bridgehead atoms. The van der Waals surface area contributed by atoms with Gasteiger partial charge in [-0.25, -0.2) is 4.39 Å². The molecule has 5 heteroatoms. The van der Waals surface area contributed by atoms with Crippen molar-refractivity contribution in [3.8, 4) is 0 Å². The Balaban J connectivity index is 1.69. The third-order valence-corrected chi connectivity index (χ3v) is 7.07. The van der Waals surface area contributed by atoms with Crippen LogP contribution in [-0.4, -0.2) is 15.6 Å². The number of epoxide rings is 1. The zero-order valence-corrected chi connectivity index (χ0v) is 15.0. The number of fused-ring (bicyclic) bond motifs is 1. The van der Waals surface area contributed by atoms with Gasteiger partial charge in [-0.3, -0.25) is 9.00 Å². The van der Waals surface area contributed by atoms with E-state index in [0.717, 1.165) is 5.56 Å². The number of ether oxygens (including phenoxy) is 1. The molecule has 134 valence electrons. The smallest absolute Gasteiger partial charge is 0.200 e. The normalized spacial score (nSPS) is 28.8. The van der Waals surface area contributed by atoms with E-state index in [4.69, 9.17) is 4.74 Å². The summed E-state index contributed by atoms with van der Waals surface area (Å²) in [4.78, 5) is 14.0. The van der Waals surface area contributed by atoms with E-state index in [1.165, 1.54) is 12.1 Å². The summed E-state index contributed by atoms with van der Waals surface area (Å²) in [7, 11) is -1.45. The van der Waals surface area contributed by atoms with Crippen LogP contribution in [0.3, 0.4) is 0 Å². The first-order valence-electron chi connectivity index (χ1n) is 8.65. The number of benzene rings is 3. The summed E-state index contributed by atoms with van der Waals surface area (Å²) in [6, 6.07) is 22.3. The van der Waals surface area contributed by atoms with Gasteiger partial charge in [0.1, 0.15) is 17.2 Å². The summed E-state index contributed by atoms with van der Waals surface area (Å²) < 4.78 is 32.8. The molecule has 5 rings (SSSR count). The Hall–Kier alpha value is -2.63. The summed E-state index contributed by atoms with van der Waals surface area (Å²) >= 11 is 0. The van der Waals surface area contributed by atoms with Crippen LogP contribution in [0.2, 0.25) is 0 Å². The predicted octanol–water partition coefficient (Wildman–Crippen LogP) is 4.38. The minimum Gasteiger partial charge on any atom is -0.350 e. The van der Waals surface area contributed by atoms with Crippen molar-refractivity contribution < 1.29 is 18.1 Å². The van der Waals surface area contributed by atoms with E-state index in [1.54, 1.807) is 36.4 Å². The fourth-order valence-corrected chi connectivity index (χ4v) is 5.78. The molecular formula is C22H15FO3S. The molecule has 0 saturated carbocycles. The molecule has 27 heavy (non-hydrogen) atoms. The molecule has 0 radical (unpaired) electrons. The molecule has 3 nitrogen and oxygen atoms in total. The standard InChI is InChI=1S/C22H15FO3S/c23-16-12-10-14(11-13-16)20-22(26-20)19(24)17-8-4-5-9-18(17)27(25)21(22)15-6-2-1-3-7-15/h1-13,20-21H/t20-,21-,22-,27?/m0/s1. The van der Waals surface area contributed by atoms with Crippen LogP contribution in [0.15, 0.2) is 83.8 Å². The molecule has 1 spiro atoms. The molecule has 3 aromatic carbocycles. The first-order valence-corrected chi connectivity index (χ1v) is 9.87. The highest BCUT2D eigenvalue weighted by atomic mass is 32.2. The third-order valence-electron chi connectivity index (χ3n) is 5.23. The minimum atomic E-state index is -1.45. The van der Waals surface area contributed by atoms with Gasteiger partial charge in [0.15, 0.2) is 5.60 Å². The van der Waals surface area contributed by atoms with E-state index >= 15 is 0 Å². The van der Waals surface area contributed by atoms with Crippen LogP contribution >= 0.6 is 0 Å². The topological polar surface area (TPSA) is 46.7 Å². The summed E-state index contributed by atoms with van der Waals surface area (Å²) in [5.74, 6) is -0.516. The van der Waals surface area contributed by atoms with Crippen molar-refractivity contribution in [2.24, 2.45) is 0 Å². The first kappa shape index (κ1) is 16.5. The van der Waals surface area contributed by atoms with E-state index in [1.807, 2.05) is 30.3 Å². The molecule has 1 saturated heterocycles. The molecule has 1 fully saturated rings. The zero-order chi connectivity index (χ0) is 18.6. The lowest BCUT2D eigenvalue weighted by atomic mass is 9.85. The van der Waals surface area contributed by atoms with Gasteiger partial charge in [0.2, 0.25) is 5.78 Å². The maximum atomic E-state index is 13.5. The average Bonchev–Trinajstić information content (AvgIpc) is 3.44. The monoisotopic (exact) mass is 378 g/mol. The van der Waals surface area contributed by atoms with Crippen LogP contribution in [-0.2, 0) is 15.5 Å². The summed E-state index contributed by atoms with van der Waals surface area (Å²) in [5.41, 5.74) is 0.719. The number of halogens is 1. The van der Waals surface area contributed by atoms with Crippen molar-refractivity contribution in [2.45, 2.75) is 21.9 Å². The second kappa shape index (κ2) is 5.94. The number of carbonyl (C=O) groups excluding carboxylic acids is 1. The zero-order valence-electron chi connectivity index (χ0n) is 14.2. The van der Waals surface area contributed by atoms with Crippen molar-refractivity contribution in [3.63, 3.8) is 0 Å². The fourth-order valence-electron chi connectivity index (χ4n) is 3.93. The molecule has 3 aromatic rings. The highest BCUT2D eigenvalue weighted by molar-refractivity contribution is 7.85. The van der Waals surface area contributed by atoms with E-state index in [2.05, 4.69) is 0 Å². The van der Waals surface area contributed by atoms with Crippen molar-refractivity contribution in [3.05, 3.63) is 101 Å². The molecule has 0 N–H and O–H groups in total. The molecule has 0 amide bonds. The van der Waals surface area contributed by atoms with Gasteiger partial charge in [0.25, 0.3) is 0 Å². The molecule has 0 aromatic heterocycles. The molecule has 2 aliphatic heterocycles. The van der Waals surface area contributed by atoms with Crippen LogP contribution in [0.5, 0.6) is 0 Å². The van der Waals surface area contributed by atoms with E-state index in [-0.39, 0.29) is 11.6 Å². The van der Waals surface area contributed by atoms with Gasteiger partial charge in [-0.05, 0) is 29.3 Å². The van der Waals surface area contributed by atoms with Crippen molar-refractivity contribution >= 4 is 16.6 Å². The Kier molecular flexibility index (Phi) is 3.64. The molecule has 2 heterocycles. The lowest BCUT2D eigenvalue weighted by Gasteiger charge is -2.30. The van der Waals surface area contributed by atoms with Gasteiger partial charge in [-0.2, -0.15) is 0 Å². The minimum absolute atomic E-state index is 0.166. The number of Topliss-reactive ketones (excluding diaryl/α,β-unsaturated/α-hetero) is 1. The largest absolute Gasteiger partial charge is 0.350 e. The summed E-state index contributed by atoms with van der Waals surface area (Å²) in [6.45, 7) is 0. The van der Waals surface area contributed by atoms with E-state index in [9.17, 15) is 13.4 Å². The van der Waals surface area contributed by atoms with Gasteiger partial charge < -0.3 is 4.74 Å². The molecule has 0 aliphatic carbocycles. The lowest BCUT2D eigenvalue weighted by molar-refractivity contribution is 0.0859. The van der Waals surface area contributed by atoms with E-state index in [0.29, 0.717) is 16.0 Å². The second-order valence-corrected chi connectivity index (χ2v) is 8.26. The summed E-state index contributed by atoms with van der Waals surface area (Å²) in [5, 5.41) is -0.615. The van der Waals surface area contributed by atoms with Crippen LogP contribution in [0.25, 0.3) is 0 Å². The average molecular weight is 378 g/mol. The number of hydrogen-bond donors (Lipinski definition) is 0. The Labute approximate surface area is 158 Å². The van der Waals surface area contributed by atoms with Crippen molar-refractivity contribution in [1.82, 2.24) is 0 Å². The molecule has 1 unspecified atom stereocenters. The van der Waals surface area contributed by atoms with Crippen LogP contribution in [0.4, 0.5) is 4.39 Å². The Morgan fingerprint density at radius 3 is 2.26 bits per heavy atom. The van der Waals surface area contributed by atoms with Crippen LogP contribution in [0.1, 0.15) is 32.8 Å². The van der Waals surface area contributed by atoms with Crippen molar-refractivity contribution in [1.29, 1.82) is 0 Å². The lowest BCUT2D eigenvalue weighted by Crippen LogP contribution is -2.40. The maximum absolute atomic E-state index is 13.5. The second-order valence-electron chi connectivity index (χ2n) is 6.76. The Bertz CT molecular complexity index is 1060.